The molecular weight excluding hydrogens is 300 g/mol. The summed E-state index contributed by atoms with van der Waals surface area (Å²) in [6, 6.07) is 0. The van der Waals surface area contributed by atoms with Crippen molar-refractivity contribution < 1.29 is 15.3 Å². The molecule has 0 amide bonds. The van der Waals surface area contributed by atoms with Gasteiger partial charge in [-0.2, -0.15) is 0 Å². The van der Waals surface area contributed by atoms with Crippen LogP contribution >= 0.6 is 0 Å². The number of hydrogen-bond donors (Lipinski definition) is 3. The molecule has 0 radical (unpaired) electrons. The van der Waals surface area contributed by atoms with Gasteiger partial charge in [0.15, 0.2) is 0 Å². The Hall–Kier alpha value is -0.560. The molecule has 4 aliphatic rings. The van der Waals surface area contributed by atoms with E-state index >= 15 is 0 Å². The molecule has 0 bridgehead atoms. The molecule has 4 unspecified atom stereocenters. The molecule has 9 atom stereocenters. The maximum Gasteiger partial charge on any atom is 0.130 e. The molecule has 4 fully saturated rings. The van der Waals surface area contributed by atoms with Crippen molar-refractivity contribution in [2.24, 2.45) is 34.5 Å². The highest BCUT2D eigenvalue weighted by Gasteiger charge is 2.66. The quantitative estimate of drug-likeness (QED) is 0.598. The predicted molar refractivity (Wildman–Crippen MR) is 92.9 cm³/mol. The highest BCUT2D eigenvalue weighted by Crippen LogP contribution is 2.68. The van der Waals surface area contributed by atoms with Crippen molar-refractivity contribution >= 4 is 0 Å². The predicted octanol–water partition coefficient (Wildman–Crippen LogP) is 2.73. The third-order valence-corrected chi connectivity index (χ3v) is 9.05. The second-order valence-electron chi connectivity index (χ2n) is 9.72. The van der Waals surface area contributed by atoms with Crippen molar-refractivity contribution in [1.82, 2.24) is 0 Å². The Kier molecular flexibility index (Phi) is 3.67. The second kappa shape index (κ2) is 5.22. The van der Waals surface area contributed by atoms with Crippen LogP contribution in [0.15, 0.2) is 0 Å². The fourth-order valence-electron chi connectivity index (χ4n) is 7.46. The van der Waals surface area contributed by atoms with Crippen LogP contribution in [0.4, 0.5) is 0 Å². The van der Waals surface area contributed by atoms with Gasteiger partial charge in [0.25, 0.3) is 0 Å². The van der Waals surface area contributed by atoms with E-state index in [0.29, 0.717) is 24.2 Å². The van der Waals surface area contributed by atoms with Crippen LogP contribution in [0.1, 0.15) is 65.2 Å². The van der Waals surface area contributed by atoms with E-state index in [9.17, 15) is 15.3 Å². The first-order chi connectivity index (χ1) is 11.2. The highest BCUT2D eigenvalue weighted by molar-refractivity contribution is 5.24. The van der Waals surface area contributed by atoms with Crippen molar-refractivity contribution in [1.29, 1.82) is 0 Å². The van der Waals surface area contributed by atoms with Gasteiger partial charge in [0.2, 0.25) is 0 Å². The van der Waals surface area contributed by atoms with Gasteiger partial charge < -0.3 is 15.3 Å². The van der Waals surface area contributed by atoms with Crippen LogP contribution in [-0.4, -0.2) is 33.1 Å². The Labute approximate surface area is 145 Å². The van der Waals surface area contributed by atoms with Crippen LogP contribution in [0, 0.1) is 46.8 Å². The molecule has 4 saturated carbocycles. The molecule has 4 rings (SSSR count). The van der Waals surface area contributed by atoms with Gasteiger partial charge in [-0.3, -0.25) is 0 Å². The Balaban J connectivity index is 1.69. The molecule has 0 heterocycles. The van der Waals surface area contributed by atoms with Gasteiger partial charge in [-0.1, -0.05) is 19.8 Å². The van der Waals surface area contributed by atoms with Crippen LogP contribution < -0.4 is 0 Å². The molecule has 0 saturated heterocycles. The summed E-state index contributed by atoms with van der Waals surface area (Å²) in [5.74, 6) is 4.19. The van der Waals surface area contributed by atoms with Gasteiger partial charge in [0, 0.05) is 5.41 Å². The first-order valence-corrected chi connectivity index (χ1v) is 9.81. The van der Waals surface area contributed by atoms with Gasteiger partial charge in [-0.25, -0.2) is 0 Å². The van der Waals surface area contributed by atoms with Crippen LogP contribution in [0.3, 0.4) is 0 Å². The van der Waals surface area contributed by atoms with E-state index in [-0.39, 0.29) is 29.0 Å². The van der Waals surface area contributed by atoms with Crippen molar-refractivity contribution in [2.45, 2.75) is 83.0 Å². The Morgan fingerprint density at radius 1 is 0.958 bits per heavy atom. The van der Waals surface area contributed by atoms with Gasteiger partial charge in [-0.15, -0.1) is 6.42 Å². The van der Waals surface area contributed by atoms with Gasteiger partial charge >= 0.3 is 0 Å². The van der Waals surface area contributed by atoms with E-state index in [0.717, 1.165) is 44.9 Å². The monoisotopic (exact) mass is 332 g/mol. The average Bonchev–Trinajstić information content (AvgIpc) is 2.82. The molecule has 0 aliphatic heterocycles. The number of aliphatic hydroxyl groups excluding tert-OH is 2. The average molecular weight is 332 g/mol. The fourth-order valence-corrected chi connectivity index (χ4v) is 7.46. The molecule has 0 aromatic rings. The van der Waals surface area contributed by atoms with Crippen molar-refractivity contribution in [3.63, 3.8) is 0 Å². The maximum atomic E-state index is 11.0. The number of aliphatic hydroxyl groups is 3. The number of fused-ring (bicyclic) bond motifs is 5. The molecule has 4 aliphatic carbocycles. The molecule has 3 N–H and O–H groups in total. The number of hydrogen-bond acceptors (Lipinski definition) is 3. The zero-order valence-electron chi connectivity index (χ0n) is 15.0. The molecule has 0 aromatic carbocycles. The molecule has 0 aromatic heterocycles. The zero-order chi connectivity index (χ0) is 17.3. The lowest BCUT2D eigenvalue weighted by atomic mass is 9.43. The lowest BCUT2D eigenvalue weighted by molar-refractivity contribution is -0.183. The van der Waals surface area contributed by atoms with E-state index < -0.39 is 5.60 Å². The van der Waals surface area contributed by atoms with E-state index in [1.54, 1.807) is 0 Å². The fraction of sp³-hybridized carbons (Fsp3) is 0.905. The van der Waals surface area contributed by atoms with Crippen LogP contribution in [0.25, 0.3) is 0 Å². The molecular formula is C21H32O3. The van der Waals surface area contributed by atoms with Gasteiger partial charge in [0.1, 0.15) is 5.60 Å². The second-order valence-corrected chi connectivity index (χ2v) is 9.72. The summed E-state index contributed by atoms with van der Waals surface area (Å²) in [5.41, 5.74) is -1.05. The number of terminal acetylenes is 1. The Morgan fingerprint density at radius 2 is 1.67 bits per heavy atom. The molecule has 3 nitrogen and oxygen atoms in total. The van der Waals surface area contributed by atoms with E-state index in [1.165, 1.54) is 0 Å². The lowest BCUT2D eigenvalue weighted by Crippen LogP contribution is -2.60. The van der Waals surface area contributed by atoms with E-state index in [4.69, 9.17) is 6.42 Å². The van der Waals surface area contributed by atoms with Crippen molar-refractivity contribution in [2.75, 3.05) is 0 Å². The summed E-state index contributed by atoms with van der Waals surface area (Å²) in [6.07, 6.45) is 12.4. The molecule has 3 heteroatoms. The summed E-state index contributed by atoms with van der Waals surface area (Å²) in [4.78, 5) is 0. The SMILES string of the molecule is C#CC1(O)CC[C@H]2[C@@H]3C(O)CC4CC(O)CC[C@]4(C)[C@@H]3CC[C@@]21C. The Bertz CT molecular complexity index is 568. The number of rotatable bonds is 0. The van der Waals surface area contributed by atoms with Crippen LogP contribution in [0.2, 0.25) is 0 Å². The minimum absolute atomic E-state index is 0.196. The lowest BCUT2D eigenvalue weighted by Gasteiger charge is -2.62. The standard InChI is InChI=1S/C21H32O3/c1-4-21(24)10-7-16-18-15(6-9-20(16,21)3)19(2)8-5-14(22)11-13(19)12-17(18)23/h1,13-18,22-24H,5-12H2,2-3H3/t13?,14?,15-,16+,17?,18-,19+,20+,21?/m1/s1. The smallest absolute Gasteiger partial charge is 0.130 e. The summed E-state index contributed by atoms with van der Waals surface area (Å²) in [7, 11) is 0. The van der Waals surface area contributed by atoms with E-state index in [1.807, 2.05) is 0 Å². The minimum Gasteiger partial charge on any atom is -0.393 e. The van der Waals surface area contributed by atoms with Crippen LogP contribution in [-0.2, 0) is 0 Å². The Morgan fingerprint density at radius 3 is 2.38 bits per heavy atom. The first-order valence-electron chi connectivity index (χ1n) is 9.81. The van der Waals surface area contributed by atoms with Crippen molar-refractivity contribution in [3.8, 4) is 12.3 Å². The highest BCUT2D eigenvalue weighted by atomic mass is 16.3. The maximum absolute atomic E-state index is 11.0. The normalized spacial score (nSPS) is 59.8. The third-order valence-electron chi connectivity index (χ3n) is 9.05. The summed E-state index contributed by atoms with van der Waals surface area (Å²) in [5, 5.41) is 32.1. The molecule has 134 valence electrons. The van der Waals surface area contributed by atoms with Crippen LogP contribution in [0.5, 0.6) is 0 Å². The largest absolute Gasteiger partial charge is 0.393 e. The minimum atomic E-state index is -1.01. The zero-order valence-corrected chi connectivity index (χ0v) is 15.0. The van der Waals surface area contributed by atoms with Gasteiger partial charge in [0.05, 0.1) is 12.2 Å². The molecule has 0 spiro atoms. The first kappa shape index (κ1) is 16.9. The third kappa shape index (κ3) is 1.97. The van der Waals surface area contributed by atoms with Gasteiger partial charge in [-0.05, 0) is 80.5 Å². The molecule has 24 heavy (non-hydrogen) atoms. The van der Waals surface area contributed by atoms with E-state index in [2.05, 4.69) is 19.8 Å². The summed E-state index contributed by atoms with van der Waals surface area (Å²) >= 11 is 0. The topological polar surface area (TPSA) is 60.7 Å². The summed E-state index contributed by atoms with van der Waals surface area (Å²) in [6.45, 7) is 4.56. The van der Waals surface area contributed by atoms with Crippen molar-refractivity contribution in [3.05, 3.63) is 0 Å². The summed E-state index contributed by atoms with van der Waals surface area (Å²) < 4.78 is 0.